The van der Waals surface area contributed by atoms with Gasteiger partial charge in [0.25, 0.3) is 5.91 Å². The van der Waals surface area contributed by atoms with Gasteiger partial charge in [0.15, 0.2) is 0 Å². The molecule has 0 fully saturated rings. The van der Waals surface area contributed by atoms with E-state index in [2.05, 4.69) is 10.3 Å². The number of aromatic nitrogens is 1. The highest BCUT2D eigenvalue weighted by atomic mass is 35.5. The lowest BCUT2D eigenvalue weighted by Crippen LogP contribution is -2.26. The van der Waals surface area contributed by atoms with Crippen molar-refractivity contribution in [3.63, 3.8) is 0 Å². The first-order valence-corrected chi connectivity index (χ1v) is 4.33. The third-order valence-electron chi connectivity index (χ3n) is 1.50. The molecule has 1 aromatic rings. The van der Waals surface area contributed by atoms with Crippen molar-refractivity contribution in [3.05, 3.63) is 23.0 Å². The number of pyridine rings is 1. The summed E-state index contributed by atoms with van der Waals surface area (Å²) in [5, 5.41) is 11.0. The zero-order valence-corrected chi connectivity index (χ0v) is 8.08. The summed E-state index contributed by atoms with van der Waals surface area (Å²) in [5.74, 6) is -0.399. The van der Waals surface area contributed by atoms with E-state index in [1.54, 1.807) is 0 Å². The largest absolute Gasteiger partial charge is 0.397 e. The van der Waals surface area contributed by atoms with Crippen LogP contribution >= 0.6 is 11.6 Å². The van der Waals surface area contributed by atoms with Crippen LogP contribution in [-0.4, -0.2) is 29.1 Å². The molecule has 1 amide bonds. The predicted molar refractivity (Wildman–Crippen MR) is 53.1 cm³/mol. The van der Waals surface area contributed by atoms with Gasteiger partial charge in [0.05, 0.1) is 24.1 Å². The minimum atomic E-state index is -0.399. The highest BCUT2D eigenvalue weighted by Gasteiger charge is 2.10. The fraction of sp³-hybridized carbons (Fsp3) is 0.250. The van der Waals surface area contributed by atoms with E-state index in [1.165, 1.54) is 12.3 Å². The van der Waals surface area contributed by atoms with Gasteiger partial charge >= 0.3 is 0 Å². The van der Waals surface area contributed by atoms with Crippen LogP contribution in [-0.2, 0) is 0 Å². The zero-order chi connectivity index (χ0) is 10.6. The van der Waals surface area contributed by atoms with Gasteiger partial charge in [-0.1, -0.05) is 11.6 Å². The first kappa shape index (κ1) is 10.7. The second-order valence-corrected chi connectivity index (χ2v) is 2.94. The van der Waals surface area contributed by atoms with Crippen LogP contribution in [0.15, 0.2) is 12.3 Å². The minimum absolute atomic E-state index is 0.0923. The van der Waals surface area contributed by atoms with E-state index in [0.29, 0.717) is 5.69 Å². The summed E-state index contributed by atoms with van der Waals surface area (Å²) >= 11 is 5.68. The van der Waals surface area contributed by atoms with E-state index < -0.39 is 5.91 Å². The molecule has 0 spiro atoms. The number of aliphatic hydroxyl groups excluding tert-OH is 1. The number of hydrogen-bond acceptors (Lipinski definition) is 4. The fourth-order valence-corrected chi connectivity index (χ4v) is 1.08. The van der Waals surface area contributed by atoms with Crippen LogP contribution in [0, 0.1) is 0 Å². The number of nitrogen functional groups attached to an aromatic ring is 1. The number of anilines is 1. The van der Waals surface area contributed by atoms with Crippen LogP contribution in [0.4, 0.5) is 5.69 Å². The maximum atomic E-state index is 11.4. The monoisotopic (exact) mass is 215 g/mol. The number of nitrogens with two attached hydrogens (primary N) is 1. The van der Waals surface area contributed by atoms with Crippen LogP contribution in [0.1, 0.15) is 10.4 Å². The number of rotatable bonds is 3. The molecular formula is C8H10ClN3O2. The molecule has 0 radical (unpaired) electrons. The molecule has 0 atom stereocenters. The molecule has 0 aliphatic rings. The zero-order valence-electron chi connectivity index (χ0n) is 7.33. The molecule has 5 nitrogen and oxygen atoms in total. The lowest BCUT2D eigenvalue weighted by Gasteiger charge is -2.04. The molecule has 1 heterocycles. The molecule has 0 saturated carbocycles. The molecule has 6 heteroatoms. The van der Waals surface area contributed by atoms with Crippen molar-refractivity contribution in [1.82, 2.24) is 10.3 Å². The van der Waals surface area contributed by atoms with Crippen molar-refractivity contribution in [2.45, 2.75) is 0 Å². The number of amides is 1. The number of nitrogens with one attached hydrogen (secondary N) is 1. The van der Waals surface area contributed by atoms with Gasteiger partial charge in [-0.2, -0.15) is 0 Å². The van der Waals surface area contributed by atoms with Gasteiger partial charge in [0, 0.05) is 6.54 Å². The van der Waals surface area contributed by atoms with Crippen LogP contribution < -0.4 is 11.1 Å². The SMILES string of the molecule is Nc1cnc(Cl)c(C(=O)NCCO)c1. The second-order valence-electron chi connectivity index (χ2n) is 2.59. The summed E-state index contributed by atoms with van der Waals surface area (Å²) < 4.78 is 0. The number of hydrogen-bond donors (Lipinski definition) is 3. The Kier molecular flexibility index (Phi) is 3.67. The molecule has 0 aliphatic carbocycles. The average molecular weight is 216 g/mol. The summed E-state index contributed by atoms with van der Waals surface area (Å²) in [5.41, 5.74) is 6.02. The predicted octanol–water partition coefficient (Wildman–Crippen LogP) is 0.0393. The highest BCUT2D eigenvalue weighted by Crippen LogP contribution is 2.14. The molecule has 76 valence electrons. The summed E-state index contributed by atoms with van der Waals surface area (Å²) in [6.45, 7) is 0.0447. The second kappa shape index (κ2) is 4.78. The molecular weight excluding hydrogens is 206 g/mol. The van der Waals surface area contributed by atoms with Crippen LogP contribution in [0.5, 0.6) is 0 Å². The molecule has 1 aromatic heterocycles. The smallest absolute Gasteiger partial charge is 0.254 e. The summed E-state index contributed by atoms with van der Waals surface area (Å²) in [6, 6.07) is 1.43. The molecule has 0 aliphatic heterocycles. The van der Waals surface area contributed by atoms with Gasteiger partial charge in [0.2, 0.25) is 0 Å². The molecule has 0 saturated heterocycles. The van der Waals surface area contributed by atoms with Crippen molar-refractivity contribution in [2.24, 2.45) is 0 Å². The van der Waals surface area contributed by atoms with E-state index >= 15 is 0 Å². The summed E-state index contributed by atoms with van der Waals surface area (Å²) in [6.07, 6.45) is 1.37. The fourth-order valence-electron chi connectivity index (χ4n) is 0.888. The Morgan fingerprint density at radius 3 is 3.07 bits per heavy atom. The van der Waals surface area contributed by atoms with Crippen molar-refractivity contribution in [3.8, 4) is 0 Å². The first-order valence-electron chi connectivity index (χ1n) is 3.95. The Bertz CT molecular complexity index is 343. The van der Waals surface area contributed by atoms with Crippen LogP contribution in [0.2, 0.25) is 5.15 Å². The number of carbonyl (C=O) groups excluding carboxylic acids is 1. The Balaban J connectivity index is 2.83. The number of nitrogens with zero attached hydrogens (tertiary/aromatic N) is 1. The van der Waals surface area contributed by atoms with Crippen molar-refractivity contribution in [1.29, 1.82) is 0 Å². The molecule has 4 N–H and O–H groups in total. The summed E-state index contributed by atoms with van der Waals surface area (Å²) in [7, 11) is 0. The van der Waals surface area contributed by atoms with Crippen LogP contribution in [0.3, 0.4) is 0 Å². The Labute approximate surface area is 85.9 Å². The summed E-state index contributed by atoms with van der Waals surface area (Å²) in [4.78, 5) is 15.1. The topological polar surface area (TPSA) is 88.2 Å². The van der Waals surface area contributed by atoms with Gasteiger partial charge in [-0.25, -0.2) is 4.98 Å². The van der Waals surface area contributed by atoms with Crippen molar-refractivity contribution in [2.75, 3.05) is 18.9 Å². The lowest BCUT2D eigenvalue weighted by atomic mass is 10.2. The van der Waals surface area contributed by atoms with Gasteiger partial charge < -0.3 is 16.2 Å². The highest BCUT2D eigenvalue weighted by molar-refractivity contribution is 6.32. The molecule has 0 unspecified atom stereocenters. The number of aliphatic hydroxyl groups is 1. The van der Waals surface area contributed by atoms with E-state index in [4.69, 9.17) is 22.4 Å². The van der Waals surface area contributed by atoms with E-state index in [9.17, 15) is 4.79 Å². The van der Waals surface area contributed by atoms with E-state index in [1.807, 2.05) is 0 Å². The molecule has 0 bridgehead atoms. The molecule has 14 heavy (non-hydrogen) atoms. The van der Waals surface area contributed by atoms with E-state index in [0.717, 1.165) is 0 Å². The maximum absolute atomic E-state index is 11.4. The normalized spacial score (nSPS) is 9.86. The maximum Gasteiger partial charge on any atom is 0.254 e. The van der Waals surface area contributed by atoms with E-state index in [-0.39, 0.29) is 23.9 Å². The van der Waals surface area contributed by atoms with Gasteiger partial charge in [-0.05, 0) is 6.07 Å². The van der Waals surface area contributed by atoms with Gasteiger partial charge in [0.1, 0.15) is 5.15 Å². The molecule has 1 rings (SSSR count). The third-order valence-corrected chi connectivity index (χ3v) is 1.80. The minimum Gasteiger partial charge on any atom is -0.397 e. The van der Waals surface area contributed by atoms with Gasteiger partial charge in [-0.3, -0.25) is 4.79 Å². The standard InChI is InChI=1S/C8H10ClN3O2/c9-7-6(3-5(10)4-12-7)8(14)11-1-2-13/h3-4,13H,1-2,10H2,(H,11,14). The third kappa shape index (κ3) is 2.58. The Morgan fingerprint density at radius 2 is 2.43 bits per heavy atom. The van der Waals surface area contributed by atoms with Crippen LogP contribution in [0.25, 0.3) is 0 Å². The Morgan fingerprint density at radius 1 is 1.71 bits per heavy atom. The van der Waals surface area contributed by atoms with Gasteiger partial charge in [-0.15, -0.1) is 0 Å². The average Bonchev–Trinajstić information content (AvgIpc) is 2.18. The quantitative estimate of drug-likeness (QED) is 0.622. The molecule has 0 aromatic carbocycles. The van der Waals surface area contributed by atoms with Crippen molar-refractivity contribution >= 4 is 23.2 Å². The first-order chi connectivity index (χ1) is 6.65. The number of halogens is 1. The lowest BCUT2D eigenvalue weighted by molar-refractivity contribution is 0.0944. The van der Waals surface area contributed by atoms with Crippen molar-refractivity contribution < 1.29 is 9.90 Å². The number of carbonyl (C=O) groups is 1. The Hall–Kier alpha value is -1.33.